The lowest BCUT2D eigenvalue weighted by atomic mass is 10.2. The van der Waals surface area contributed by atoms with Gasteiger partial charge in [0.2, 0.25) is 15.9 Å². The highest BCUT2D eigenvalue weighted by atomic mass is 32.2. The van der Waals surface area contributed by atoms with Crippen LogP contribution < -0.4 is 4.72 Å². The largest absolute Gasteiger partial charge is 0.480 e. The number of rotatable bonds is 9. The monoisotopic (exact) mass is 298 g/mol. The van der Waals surface area contributed by atoms with E-state index in [-0.39, 0.29) is 26.3 Å². The second-order valence-electron chi connectivity index (χ2n) is 3.81. The van der Waals surface area contributed by atoms with E-state index in [0.29, 0.717) is 0 Å². The van der Waals surface area contributed by atoms with E-state index >= 15 is 0 Å². The Balaban J connectivity index is 4.73. The van der Waals surface area contributed by atoms with Crippen molar-refractivity contribution < 1.29 is 33.3 Å². The summed E-state index contributed by atoms with van der Waals surface area (Å²) in [4.78, 5) is 23.6. The fourth-order valence-corrected chi connectivity index (χ4v) is 2.05. The van der Waals surface area contributed by atoms with Crippen LogP contribution >= 0.6 is 0 Å². The number of nitrogens with zero attached hydrogens (tertiary/aromatic N) is 1. The van der Waals surface area contributed by atoms with Crippen molar-refractivity contribution in [3.8, 4) is 0 Å². The number of aliphatic carboxylic acids is 1. The topological polar surface area (TPSA) is 144 Å². The highest BCUT2D eigenvalue weighted by Gasteiger charge is 2.26. The van der Waals surface area contributed by atoms with Crippen LogP contribution in [0.3, 0.4) is 0 Å². The number of nitrogens with one attached hydrogen (secondary N) is 1. The standard InChI is InChI=1S/C9H18N2O7S/c1-19(17,18)10-7(9(15)16)6-8(14)11(2-4-12)3-5-13/h7,10,12-13H,2-6H2,1H3,(H,15,16). The van der Waals surface area contributed by atoms with Gasteiger partial charge in [0, 0.05) is 13.1 Å². The normalized spacial score (nSPS) is 13.0. The molecule has 10 heteroatoms. The molecule has 1 amide bonds. The third kappa shape index (κ3) is 7.72. The maximum Gasteiger partial charge on any atom is 0.322 e. The van der Waals surface area contributed by atoms with Crippen LogP contribution in [-0.2, 0) is 19.6 Å². The Bertz CT molecular complexity index is 403. The Labute approximate surface area is 110 Å². The Kier molecular flexibility index (Phi) is 7.52. The summed E-state index contributed by atoms with van der Waals surface area (Å²) in [5.41, 5.74) is 0. The van der Waals surface area contributed by atoms with E-state index in [1.54, 1.807) is 0 Å². The van der Waals surface area contributed by atoms with E-state index in [4.69, 9.17) is 15.3 Å². The van der Waals surface area contributed by atoms with Crippen molar-refractivity contribution >= 4 is 21.9 Å². The summed E-state index contributed by atoms with van der Waals surface area (Å²) in [6, 6.07) is -1.58. The van der Waals surface area contributed by atoms with E-state index in [1.165, 1.54) is 0 Å². The molecule has 0 aliphatic rings. The molecule has 19 heavy (non-hydrogen) atoms. The molecule has 9 nitrogen and oxygen atoms in total. The highest BCUT2D eigenvalue weighted by molar-refractivity contribution is 7.88. The van der Waals surface area contributed by atoms with Gasteiger partial charge in [-0.05, 0) is 0 Å². The van der Waals surface area contributed by atoms with Crippen LogP contribution in [0.1, 0.15) is 6.42 Å². The van der Waals surface area contributed by atoms with Crippen molar-refractivity contribution in [3.05, 3.63) is 0 Å². The summed E-state index contributed by atoms with van der Waals surface area (Å²) < 4.78 is 23.8. The first kappa shape index (κ1) is 17.8. The van der Waals surface area contributed by atoms with Crippen molar-refractivity contribution in [2.24, 2.45) is 0 Å². The minimum Gasteiger partial charge on any atom is -0.480 e. The smallest absolute Gasteiger partial charge is 0.322 e. The van der Waals surface area contributed by atoms with E-state index in [1.807, 2.05) is 4.72 Å². The third-order valence-corrected chi connectivity index (χ3v) is 2.84. The van der Waals surface area contributed by atoms with Crippen molar-refractivity contribution in [1.82, 2.24) is 9.62 Å². The molecule has 0 aromatic heterocycles. The number of carboxylic acid groups (broad SMARTS) is 1. The first-order valence-corrected chi connectivity index (χ1v) is 7.30. The molecule has 0 spiro atoms. The molecule has 0 aliphatic heterocycles. The van der Waals surface area contributed by atoms with E-state index in [0.717, 1.165) is 11.2 Å². The summed E-state index contributed by atoms with van der Waals surface area (Å²) in [7, 11) is -3.76. The van der Waals surface area contributed by atoms with Crippen LogP contribution in [-0.4, -0.2) is 79.1 Å². The highest BCUT2D eigenvalue weighted by Crippen LogP contribution is 2.01. The molecule has 0 heterocycles. The molecule has 0 aliphatic carbocycles. The molecule has 0 bridgehead atoms. The first-order chi connectivity index (χ1) is 8.71. The van der Waals surface area contributed by atoms with Gasteiger partial charge in [0.1, 0.15) is 6.04 Å². The predicted octanol–water partition coefficient (Wildman–Crippen LogP) is -2.81. The second-order valence-corrected chi connectivity index (χ2v) is 5.59. The van der Waals surface area contributed by atoms with Gasteiger partial charge in [0.25, 0.3) is 0 Å². The molecule has 0 rings (SSSR count). The Hall–Kier alpha value is -1.23. The molecule has 1 unspecified atom stereocenters. The SMILES string of the molecule is CS(=O)(=O)NC(CC(=O)N(CCO)CCO)C(=O)O. The quantitative estimate of drug-likeness (QED) is 0.359. The first-order valence-electron chi connectivity index (χ1n) is 5.41. The average Bonchev–Trinajstić information content (AvgIpc) is 2.25. The fourth-order valence-electron chi connectivity index (χ4n) is 1.34. The number of hydrogen-bond donors (Lipinski definition) is 4. The molecule has 112 valence electrons. The summed E-state index contributed by atoms with van der Waals surface area (Å²) >= 11 is 0. The van der Waals surface area contributed by atoms with Gasteiger partial charge < -0.3 is 20.2 Å². The number of amides is 1. The van der Waals surface area contributed by atoms with Gasteiger partial charge in [-0.15, -0.1) is 0 Å². The van der Waals surface area contributed by atoms with E-state index in [9.17, 15) is 18.0 Å². The minimum absolute atomic E-state index is 0.0649. The second kappa shape index (κ2) is 8.04. The summed E-state index contributed by atoms with van der Waals surface area (Å²) in [6.07, 6.45) is 0.190. The van der Waals surface area contributed by atoms with E-state index in [2.05, 4.69) is 0 Å². The number of hydrogen-bond acceptors (Lipinski definition) is 6. The van der Waals surface area contributed by atoms with Gasteiger partial charge in [-0.2, -0.15) is 0 Å². The molecule has 0 saturated carbocycles. The molecule has 0 radical (unpaired) electrons. The lowest BCUT2D eigenvalue weighted by Crippen LogP contribution is -2.45. The average molecular weight is 298 g/mol. The summed E-state index contributed by atoms with van der Waals surface area (Å²) in [5, 5.41) is 26.3. The van der Waals surface area contributed by atoms with Gasteiger partial charge in [-0.1, -0.05) is 0 Å². The predicted molar refractivity (Wildman–Crippen MR) is 64.8 cm³/mol. The molecule has 0 aromatic carbocycles. The van der Waals surface area contributed by atoms with Crippen molar-refractivity contribution in [2.75, 3.05) is 32.6 Å². The lowest BCUT2D eigenvalue weighted by molar-refractivity contribution is -0.143. The van der Waals surface area contributed by atoms with Gasteiger partial charge in [0.15, 0.2) is 0 Å². The molecular weight excluding hydrogens is 280 g/mol. The number of sulfonamides is 1. The number of aliphatic hydroxyl groups is 2. The molecule has 4 N–H and O–H groups in total. The van der Waals surface area contributed by atoms with Gasteiger partial charge in [-0.3, -0.25) is 9.59 Å². The minimum atomic E-state index is -3.76. The maximum atomic E-state index is 11.7. The maximum absolute atomic E-state index is 11.7. The summed E-state index contributed by atoms with van der Waals surface area (Å²) in [6.45, 7) is -0.818. The molecule has 0 saturated heterocycles. The van der Waals surface area contributed by atoms with Crippen LogP contribution in [0, 0.1) is 0 Å². The number of carboxylic acids is 1. The molecule has 0 fully saturated rings. The number of carbonyl (C=O) groups is 2. The van der Waals surface area contributed by atoms with Gasteiger partial charge >= 0.3 is 5.97 Å². The van der Waals surface area contributed by atoms with Crippen molar-refractivity contribution in [3.63, 3.8) is 0 Å². The fraction of sp³-hybridized carbons (Fsp3) is 0.778. The number of carbonyl (C=O) groups excluding carboxylic acids is 1. The third-order valence-electron chi connectivity index (χ3n) is 2.13. The summed E-state index contributed by atoms with van der Waals surface area (Å²) in [5.74, 6) is -2.15. The van der Waals surface area contributed by atoms with E-state index < -0.39 is 34.4 Å². The van der Waals surface area contributed by atoms with Gasteiger partial charge in [-0.25, -0.2) is 13.1 Å². The van der Waals surface area contributed by atoms with Crippen LogP contribution in [0.15, 0.2) is 0 Å². The Morgan fingerprint density at radius 3 is 2.00 bits per heavy atom. The molecule has 1 atom stereocenters. The number of aliphatic hydroxyl groups excluding tert-OH is 2. The van der Waals surface area contributed by atoms with Crippen molar-refractivity contribution in [1.29, 1.82) is 0 Å². The van der Waals surface area contributed by atoms with Crippen LogP contribution in [0.2, 0.25) is 0 Å². The van der Waals surface area contributed by atoms with Crippen LogP contribution in [0.4, 0.5) is 0 Å². The van der Waals surface area contributed by atoms with Crippen LogP contribution in [0.25, 0.3) is 0 Å². The van der Waals surface area contributed by atoms with Crippen LogP contribution in [0.5, 0.6) is 0 Å². The van der Waals surface area contributed by atoms with Gasteiger partial charge in [0.05, 0.1) is 25.9 Å². The van der Waals surface area contributed by atoms with Crippen molar-refractivity contribution in [2.45, 2.75) is 12.5 Å². The molecular formula is C9H18N2O7S. The zero-order chi connectivity index (χ0) is 15.1. The zero-order valence-corrected chi connectivity index (χ0v) is 11.3. The zero-order valence-electron chi connectivity index (χ0n) is 10.4. The molecule has 0 aromatic rings. The Morgan fingerprint density at radius 1 is 1.21 bits per heavy atom. The Morgan fingerprint density at radius 2 is 1.68 bits per heavy atom. The lowest BCUT2D eigenvalue weighted by Gasteiger charge is -2.22.